The van der Waals surface area contributed by atoms with E-state index < -0.39 is 0 Å². The maximum Gasteiger partial charge on any atom is 0.0169 e. The Hall–Kier alpha value is -0.460. The summed E-state index contributed by atoms with van der Waals surface area (Å²) in [5, 5.41) is 0. The molecule has 0 aliphatic rings. The van der Waals surface area contributed by atoms with Crippen LogP contribution in [0.3, 0.4) is 0 Å². The Balaban J connectivity index is 3.23. The third-order valence-corrected chi connectivity index (χ3v) is 2.30. The first kappa shape index (κ1) is 11.5. The third kappa shape index (κ3) is 6.26. The minimum Gasteiger partial charge on any atom is -0.381 e. The smallest absolute Gasteiger partial charge is 0.0169 e. The summed E-state index contributed by atoms with van der Waals surface area (Å²) in [6.07, 6.45) is 7.23. The minimum absolute atomic E-state index is 0.896. The number of hydrogen-bond acceptors (Lipinski definition) is 1. The molecule has 0 aromatic carbocycles. The molecule has 1 nitrogen and oxygen atoms in total. The molecule has 1 unspecified atom stereocenters. The molecule has 1 heteroatoms. The molecule has 0 rings (SSSR count). The van der Waals surface area contributed by atoms with E-state index in [0.717, 1.165) is 12.5 Å². The van der Waals surface area contributed by atoms with Crippen molar-refractivity contribution in [3.63, 3.8) is 0 Å². The second-order valence-electron chi connectivity index (χ2n) is 3.70. The summed E-state index contributed by atoms with van der Waals surface area (Å²) in [7, 11) is 2.08. The summed E-state index contributed by atoms with van der Waals surface area (Å²) >= 11 is 0. The second-order valence-corrected chi connectivity index (χ2v) is 3.70. The molecule has 0 saturated carbocycles. The van der Waals surface area contributed by atoms with Gasteiger partial charge in [0.2, 0.25) is 0 Å². The van der Waals surface area contributed by atoms with E-state index in [9.17, 15) is 0 Å². The Bertz CT molecular complexity index is 110. The van der Waals surface area contributed by atoms with E-state index in [4.69, 9.17) is 0 Å². The molecular formula is C11H23N. The molecule has 0 N–H and O–H groups in total. The summed E-state index contributed by atoms with van der Waals surface area (Å²) in [5.41, 5.74) is 0. The van der Waals surface area contributed by atoms with Crippen LogP contribution in [0.4, 0.5) is 0 Å². The maximum absolute atomic E-state index is 3.72. The van der Waals surface area contributed by atoms with E-state index in [0.29, 0.717) is 0 Å². The fourth-order valence-electron chi connectivity index (χ4n) is 1.42. The van der Waals surface area contributed by atoms with E-state index in [1.54, 1.807) is 0 Å². The van der Waals surface area contributed by atoms with Crippen LogP contribution >= 0.6 is 0 Å². The molecule has 0 radical (unpaired) electrons. The average Bonchev–Trinajstić information content (AvgIpc) is 2.04. The van der Waals surface area contributed by atoms with Crippen molar-refractivity contribution in [2.24, 2.45) is 5.92 Å². The number of nitrogens with zero attached hydrogens (tertiary/aromatic N) is 1. The van der Waals surface area contributed by atoms with Gasteiger partial charge in [-0.15, -0.1) is 0 Å². The molecule has 0 aliphatic heterocycles. The first-order chi connectivity index (χ1) is 5.70. The number of rotatable bonds is 7. The van der Waals surface area contributed by atoms with Crippen LogP contribution in [0.25, 0.3) is 0 Å². The van der Waals surface area contributed by atoms with Crippen LogP contribution < -0.4 is 0 Å². The Morgan fingerprint density at radius 2 is 2.08 bits per heavy atom. The lowest BCUT2D eigenvalue weighted by Gasteiger charge is -2.15. The van der Waals surface area contributed by atoms with Crippen molar-refractivity contribution < 1.29 is 0 Å². The lowest BCUT2D eigenvalue weighted by Crippen LogP contribution is -2.12. The SMILES string of the molecule is C=CN(C)CCCC(C)CCC. The maximum atomic E-state index is 3.72. The lowest BCUT2D eigenvalue weighted by atomic mass is 10.0. The molecule has 1 atom stereocenters. The molecule has 0 aromatic rings. The first-order valence-corrected chi connectivity index (χ1v) is 5.03. The monoisotopic (exact) mass is 169 g/mol. The van der Waals surface area contributed by atoms with Gasteiger partial charge in [-0.25, -0.2) is 0 Å². The Labute approximate surface area is 77.5 Å². The van der Waals surface area contributed by atoms with Gasteiger partial charge in [0.25, 0.3) is 0 Å². The van der Waals surface area contributed by atoms with E-state index in [1.165, 1.54) is 25.7 Å². The van der Waals surface area contributed by atoms with E-state index in [1.807, 2.05) is 6.20 Å². The van der Waals surface area contributed by atoms with Crippen LogP contribution in [0.1, 0.15) is 39.5 Å². The van der Waals surface area contributed by atoms with Crippen LogP contribution in [0.5, 0.6) is 0 Å². The van der Waals surface area contributed by atoms with Crippen molar-refractivity contribution in [1.29, 1.82) is 0 Å². The summed E-state index contributed by atoms with van der Waals surface area (Å²) in [4.78, 5) is 2.15. The largest absolute Gasteiger partial charge is 0.381 e. The molecule has 0 aromatic heterocycles. The van der Waals surface area contributed by atoms with Crippen LogP contribution in [-0.2, 0) is 0 Å². The van der Waals surface area contributed by atoms with Gasteiger partial charge >= 0.3 is 0 Å². The highest BCUT2D eigenvalue weighted by atomic mass is 15.1. The molecule has 72 valence electrons. The molecule has 12 heavy (non-hydrogen) atoms. The summed E-state index contributed by atoms with van der Waals surface area (Å²) in [6, 6.07) is 0. The van der Waals surface area contributed by atoms with Gasteiger partial charge in [0, 0.05) is 13.6 Å². The fourth-order valence-corrected chi connectivity index (χ4v) is 1.42. The van der Waals surface area contributed by atoms with Crippen molar-refractivity contribution >= 4 is 0 Å². The average molecular weight is 169 g/mol. The predicted molar refractivity (Wildman–Crippen MR) is 56.1 cm³/mol. The topological polar surface area (TPSA) is 3.24 Å². The minimum atomic E-state index is 0.896. The number of hydrogen-bond donors (Lipinski definition) is 0. The van der Waals surface area contributed by atoms with Crippen molar-refractivity contribution in [2.75, 3.05) is 13.6 Å². The van der Waals surface area contributed by atoms with Gasteiger partial charge in [-0.2, -0.15) is 0 Å². The molecule has 0 aliphatic carbocycles. The molecule has 0 heterocycles. The summed E-state index contributed by atoms with van der Waals surface area (Å²) in [5.74, 6) is 0.896. The zero-order valence-electron chi connectivity index (χ0n) is 8.84. The van der Waals surface area contributed by atoms with Crippen LogP contribution in [-0.4, -0.2) is 18.5 Å². The van der Waals surface area contributed by atoms with Crippen LogP contribution in [0.2, 0.25) is 0 Å². The van der Waals surface area contributed by atoms with Crippen molar-refractivity contribution in [3.8, 4) is 0 Å². The van der Waals surface area contributed by atoms with Gasteiger partial charge in [-0.05, 0) is 25.0 Å². The van der Waals surface area contributed by atoms with Crippen molar-refractivity contribution in [2.45, 2.75) is 39.5 Å². The lowest BCUT2D eigenvalue weighted by molar-refractivity contribution is 0.393. The first-order valence-electron chi connectivity index (χ1n) is 5.03. The Morgan fingerprint density at radius 1 is 1.42 bits per heavy atom. The fraction of sp³-hybridized carbons (Fsp3) is 0.818. The van der Waals surface area contributed by atoms with E-state index in [2.05, 4.69) is 32.4 Å². The van der Waals surface area contributed by atoms with Gasteiger partial charge in [-0.1, -0.05) is 33.3 Å². The zero-order chi connectivity index (χ0) is 9.40. The molecule has 0 saturated heterocycles. The van der Waals surface area contributed by atoms with Crippen molar-refractivity contribution in [3.05, 3.63) is 12.8 Å². The summed E-state index contributed by atoms with van der Waals surface area (Å²) in [6.45, 7) is 9.47. The molecule has 0 spiro atoms. The normalized spacial score (nSPS) is 12.6. The van der Waals surface area contributed by atoms with Gasteiger partial charge in [-0.3, -0.25) is 0 Å². The van der Waals surface area contributed by atoms with Gasteiger partial charge in [0.05, 0.1) is 0 Å². The molecule has 0 bridgehead atoms. The van der Waals surface area contributed by atoms with Crippen LogP contribution in [0.15, 0.2) is 12.8 Å². The van der Waals surface area contributed by atoms with E-state index >= 15 is 0 Å². The standard InChI is InChI=1S/C11H23N/c1-5-8-11(3)9-7-10-12(4)6-2/h6,11H,2,5,7-10H2,1,3-4H3. The summed E-state index contributed by atoms with van der Waals surface area (Å²) < 4.78 is 0. The van der Waals surface area contributed by atoms with Gasteiger partial charge in [0.15, 0.2) is 0 Å². The molecular weight excluding hydrogens is 146 g/mol. The second kappa shape index (κ2) is 7.20. The van der Waals surface area contributed by atoms with Crippen molar-refractivity contribution in [1.82, 2.24) is 4.90 Å². The van der Waals surface area contributed by atoms with E-state index in [-0.39, 0.29) is 0 Å². The Kier molecular flexibility index (Phi) is 6.93. The van der Waals surface area contributed by atoms with Gasteiger partial charge in [0.1, 0.15) is 0 Å². The highest BCUT2D eigenvalue weighted by Crippen LogP contribution is 2.12. The highest BCUT2D eigenvalue weighted by Gasteiger charge is 2.00. The molecule has 0 amide bonds. The molecule has 0 fully saturated rings. The zero-order valence-corrected chi connectivity index (χ0v) is 8.84. The quantitative estimate of drug-likeness (QED) is 0.565. The predicted octanol–water partition coefficient (Wildman–Crippen LogP) is 3.28. The van der Waals surface area contributed by atoms with Gasteiger partial charge < -0.3 is 4.90 Å². The highest BCUT2D eigenvalue weighted by molar-refractivity contribution is 4.66. The van der Waals surface area contributed by atoms with Crippen LogP contribution in [0, 0.1) is 5.92 Å². The Morgan fingerprint density at radius 3 is 2.58 bits per heavy atom. The third-order valence-electron chi connectivity index (χ3n) is 2.30.